The minimum absolute atomic E-state index is 0.0158. The summed E-state index contributed by atoms with van der Waals surface area (Å²) in [5.74, 6) is -0.0158. The number of piperazine rings is 1. The van der Waals surface area contributed by atoms with Crippen molar-refractivity contribution >= 4 is 38.5 Å². The molecule has 5 rings (SSSR count). The maximum Gasteiger partial charge on any atom is 0.244 e. The van der Waals surface area contributed by atoms with Gasteiger partial charge in [0, 0.05) is 37.1 Å². The molecule has 2 aliphatic rings. The summed E-state index contributed by atoms with van der Waals surface area (Å²) in [5, 5.41) is 1.22. The Balaban J connectivity index is 1.27. The van der Waals surface area contributed by atoms with E-state index < -0.39 is 10.0 Å². The Labute approximate surface area is 186 Å². The van der Waals surface area contributed by atoms with E-state index in [0.29, 0.717) is 13.1 Å². The molecule has 0 bridgehead atoms. The molecule has 2 heterocycles. The zero-order chi connectivity index (χ0) is 21.6. The molecule has 8 heteroatoms. The van der Waals surface area contributed by atoms with Crippen LogP contribution in [0.25, 0.3) is 11.0 Å². The molecule has 0 unspecified atom stereocenters. The van der Waals surface area contributed by atoms with Crippen molar-refractivity contribution in [1.82, 2.24) is 9.21 Å². The normalized spacial score (nSPS) is 17.3. The standard InChI is InChI=1S/C23H23ClN2O4S/c24-20-6-1-2-7-22(20)31(28,29)26-10-8-25(9-11-26)23(27)14-18-15-30-21-13-17-5-3-4-16(17)12-19(18)21/h1-2,6-7,12-13,15H,3-5,8-11,14H2. The quantitative estimate of drug-likeness (QED) is 0.598. The lowest BCUT2D eigenvalue weighted by molar-refractivity contribution is -0.131. The summed E-state index contributed by atoms with van der Waals surface area (Å²) >= 11 is 6.09. The van der Waals surface area contributed by atoms with Gasteiger partial charge in [0.05, 0.1) is 17.7 Å². The number of hydrogen-bond acceptors (Lipinski definition) is 4. The lowest BCUT2D eigenvalue weighted by Crippen LogP contribution is -2.50. The Morgan fingerprint density at radius 2 is 1.74 bits per heavy atom. The molecule has 1 aliphatic carbocycles. The van der Waals surface area contributed by atoms with Crippen molar-refractivity contribution in [2.75, 3.05) is 26.2 Å². The average molecular weight is 459 g/mol. The predicted octanol–water partition coefficient (Wildman–Crippen LogP) is 3.65. The summed E-state index contributed by atoms with van der Waals surface area (Å²) in [6.45, 7) is 1.21. The van der Waals surface area contributed by atoms with Crippen molar-refractivity contribution in [3.05, 3.63) is 64.4 Å². The third-order valence-corrected chi connectivity index (χ3v) is 8.65. The van der Waals surface area contributed by atoms with E-state index in [9.17, 15) is 13.2 Å². The second-order valence-electron chi connectivity index (χ2n) is 8.12. The molecule has 3 aromatic rings. The van der Waals surface area contributed by atoms with E-state index in [2.05, 4.69) is 12.1 Å². The number of carbonyl (C=O) groups excluding carboxylic acids is 1. The molecule has 1 saturated heterocycles. The number of sulfonamides is 1. The maximum atomic E-state index is 12.9. The topological polar surface area (TPSA) is 70.8 Å². The molecule has 162 valence electrons. The van der Waals surface area contributed by atoms with Crippen molar-refractivity contribution in [2.24, 2.45) is 0 Å². The molecular formula is C23H23ClN2O4S. The van der Waals surface area contributed by atoms with Crippen LogP contribution < -0.4 is 0 Å². The van der Waals surface area contributed by atoms with Crippen LogP contribution in [-0.4, -0.2) is 49.7 Å². The van der Waals surface area contributed by atoms with Crippen LogP contribution in [0.4, 0.5) is 0 Å². The Hall–Kier alpha value is -2.35. The molecule has 1 aromatic heterocycles. The summed E-state index contributed by atoms with van der Waals surface area (Å²) in [4.78, 5) is 14.8. The first kappa shape index (κ1) is 20.5. The van der Waals surface area contributed by atoms with Crippen LogP contribution in [0.15, 0.2) is 52.0 Å². The molecule has 1 amide bonds. The van der Waals surface area contributed by atoms with Crippen LogP contribution in [0.2, 0.25) is 5.02 Å². The van der Waals surface area contributed by atoms with Gasteiger partial charge in [-0.15, -0.1) is 0 Å². The van der Waals surface area contributed by atoms with Crippen molar-refractivity contribution in [3.8, 4) is 0 Å². The molecule has 0 radical (unpaired) electrons. The summed E-state index contributed by atoms with van der Waals surface area (Å²) < 4.78 is 32.9. The number of aryl methyl sites for hydroxylation is 2. The number of furan rings is 1. The lowest BCUT2D eigenvalue weighted by atomic mass is 10.0. The van der Waals surface area contributed by atoms with E-state index in [1.165, 1.54) is 21.5 Å². The fourth-order valence-corrected chi connectivity index (χ4v) is 6.45. The average Bonchev–Trinajstić information content (AvgIpc) is 3.39. The number of hydrogen-bond donors (Lipinski definition) is 0. The SMILES string of the molecule is O=C(Cc1coc2cc3c(cc12)CCC3)N1CCN(S(=O)(=O)c2ccccc2Cl)CC1. The summed E-state index contributed by atoms with van der Waals surface area (Å²) in [6.07, 6.45) is 5.25. The van der Waals surface area contributed by atoms with E-state index in [0.717, 1.165) is 35.8 Å². The van der Waals surface area contributed by atoms with Gasteiger partial charge in [-0.3, -0.25) is 4.79 Å². The highest BCUT2D eigenvalue weighted by molar-refractivity contribution is 7.89. The summed E-state index contributed by atoms with van der Waals surface area (Å²) in [7, 11) is -3.68. The number of nitrogens with zero attached hydrogens (tertiary/aromatic N) is 2. The molecule has 0 spiro atoms. The fourth-order valence-electron chi connectivity index (χ4n) is 4.53. The minimum atomic E-state index is -3.68. The highest BCUT2D eigenvalue weighted by atomic mass is 35.5. The Bertz CT molecular complexity index is 1260. The lowest BCUT2D eigenvalue weighted by Gasteiger charge is -2.34. The molecule has 2 aromatic carbocycles. The van der Waals surface area contributed by atoms with Gasteiger partial charge < -0.3 is 9.32 Å². The number of halogens is 1. The minimum Gasteiger partial charge on any atom is -0.464 e. The molecule has 1 fully saturated rings. The zero-order valence-corrected chi connectivity index (χ0v) is 18.6. The monoisotopic (exact) mass is 458 g/mol. The van der Waals surface area contributed by atoms with Crippen LogP contribution in [0.1, 0.15) is 23.1 Å². The van der Waals surface area contributed by atoms with Crippen LogP contribution in [0, 0.1) is 0 Å². The van der Waals surface area contributed by atoms with E-state index >= 15 is 0 Å². The molecule has 0 saturated carbocycles. The van der Waals surface area contributed by atoms with Crippen molar-refractivity contribution < 1.29 is 17.6 Å². The van der Waals surface area contributed by atoms with Gasteiger partial charge in [0.15, 0.2) is 0 Å². The Kier molecular flexibility index (Phi) is 5.28. The fraction of sp³-hybridized carbons (Fsp3) is 0.348. The highest BCUT2D eigenvalue weighted by Gasteiger charge is 2.31. The van der Waals surface area contributed by atoms with Crippen molar-refractivity contribution in [1.29, 1.82) is 0 Å². The first-order valence-corrected chi connectivity index (χ1v) is 12.3. The van der Waals surface area contributed by atoms with Crippen LogP contribution in [0.5, 0.6) is 0 Å². The molecule has 31 heavy (non-hydrogen) atoms. The van der Waals surface area contributed by atoms with Gasteiger partial charge in [0.1, 0.15) is 10.5 Å². The second kappa shape index (κ2) is 7.97. The van der Waals surface area contributed by atoms with Gasteiger partial charge in [-0.25, -0.2) is 8.42 Å². The number of fused-ring (bicyclic) bond motifs is 2. The van der Waals surface area contributed by atoms with E-state index in [1.54, 1.807) is 29.4 Å². The van der Waals surface area contributed by atoms with Gasteiger partial charge in [-0.05, 0) is 54.7 Å². The van der Waals surface area contributed by atoms with Gasteiger partial charge in [0.2, 0.25) is 15.9 Å². The van der Waals surface area contributed by atoms with Crippen molar-refractivity contribution in [3.63, 3.8) is 0 Å². The molecular weight excluding hydrogens is 436 g/mol. The van der Waals surface area contributed by atoms with E-state index in [-0.39, 0.29) is 35.3 Å². The molecule has 1 aliphatic heterocycles. The number of rotatable bonds is 4. The second-order valence-corrected chi connectivity index (χ2v) is 10.4. The number of carbonyl (C=O) groups is 1. The Morgan fingerprint density at radius 1 is 1.03 bits per heavy atom. The van der Waals surface area contributed by atoms with Gasteiger partial charge in [-0.2, -0.15) is 4.31 Å². The van der Waals surface area contributed by atoms with E-state index in [4.69, 9.17) is 16.0 Å². The number of benzene rings is 2. The van der Waals surface area contributed by atoms with Gasteiger partial charge in [-0.1, -0.05) is 23.7 Å². The first-order chi connectivity index (χ1) is 14.9. The van der Waals surface area contributed by atoms with E-state index in [1.807, 2.05) is 0 Å². The molecule has 0 N–H and O–H groups in total. The number of amides is 1. The van der Waals surface area contributed by atoms with Crippen LogP contribution >= 0.6 is 11.6 Å². The third-order valence-electron chi connectivity index (χ3n) is 6.26. The van der Waals surface area contributed by atoms with Crippen LogP contribution in [-0.2, 0) is 34.1 Å². The van der Waals surface area contributed by atoms with Gasteiger partial charge in [0.25, 0.3) is 0 Å². The maximum absolute atomic E-state index is 12.9. The first-order valence-electron chi connectivity index (χ1n) is 10.5. The Morgan fingerprint density at radius 3 is 2.48 bits per heavy atom. The zero-order valence-electron chi connectivity index (χ0n) is 17.0. The smallest absolute Gasteiger partial charge is 0.244 e. The van der Waals surface area contributed by atoms with Crippen LogP contribution in [0.3, 0.4) is 0 Å². The third kappa shape index (κ3) is 3.75. The van der Waals surface area contributed by atoms with Gasteiger partial charge >= 0.3 is 0 Å². The molecule has 0 atom stereocenters. The highest BCUT2D eigenvalue weighted by Crippen LogP contribution is 2.31. The summed E-state index contributed by atoms with van der Waals surface area (Å²) in [5.41, 5.74) is 4.41. The predicted molar refractivity (Wildman–Crippen MR) is 119 cm³/mol. The molecule has 6 nitrogen and oxygen atoms in total. The largest absolute Gasteiger partial charge is 0.464 e. The van der Waals surface area contributed by atoms with Crippen molar-refractivity contribution in [2.45, 2.75) is 30.6 Å². The summed E-state index contributed by atoms with van der Waals surface area (Å²) in [6, 6.07) is 10.7.